The number of alkyl halides is 3. The molecule has 0 saturated carbocycles. The Balaban J connectivity index is 2.66. The number of aliphatic hydroxyl groups excluding tert-OH is 1. The predicted molar refractivity (Wildman–Crippen MR) is 72.1 cm³/mol. The summed E-state index contributed by atoms with van der Waals surface area (Å²) in [6.45, 7) is 0.602. The lowest BCUT2D eigenvalue weighted by atomic mass is 10.1. The van der Waals surface area contributed by atoms with Gasteiger partial charge in [0.05, 0.1) is 4.92 Å². The molecule has 0 aliphatic rings. The molecule has 0 saturated heterocycles. The summed E-state index contributed by atoms with van der Waals surface area (Å²) in [5.41, 5.74) is -2.00. The first-order chi connectivity index (χ1) is 9.86. The van der Waals surface area contributed by atoms with Gasteiger partial charge >= 0.3 is 6.18 Å². The van der Waals surface area contributed by atoms with Crippen LogP contribution in [0.25, 0.3) is 0 Å². The lowest BCUT2D eigenvalue weighted by Crippen LogP contribution is -2.10. The summed E-state index contributed by atoms with van der Waals surface area (Å²) in [4.78, 5) is 9.57. The molecule has 8 heteroatoms. The van der Waals surface area contributed by atoms with Crippen LogP contribution in [-0.2, 0) is 6.18 Å². The van der Waals surface area contributed by atoms with E-state index in [2.05, 4.69) is 5.32 Å². The summed E-state index contributed by atoms with van der Waals surface area (Å²) in [6.07, 6.45) is -1.60. The van der Waals surface area contributed by atoms with Gasteiger partial charge in [0.25, 0.3) is 5.69 Å². The summed E-state index contributed by atoms with van der Waals surface area (Å²) < 4.78 is 38.3. The van der Waals surface area contributed by atoms with Crippen molar-refractivity contribution in [1.82, 2.24) is 0 Å². The van der Waals surface area contributed by atoms with Gasteiger partial charge in [-0.2, -0.15) is 13.2 Å². The van der Waals surface area contributed by atoms with Gasteiger partial charge in [-0.3, -0.25) is 10.1 Å². The highest BCUT2D eigenvalue weighted by Crippen LogP contribution is 2.37. The molecule has 2 N–H and O–H groups in total. The Morgan fingerprint density at radius 3 is 2.43 bits per heavy atom. The van der Waals surface area contributed by atoms with Crippen LogP contribution in [0.4, 0.5) is 24.5 Å². The average Bonchev–Trinajstić information content (AvgIpc) is 2.41. The minimum Gasteiger partial charge on any atom is -0.396 e. The Morgan fingerprint density at radius 2 is 1.86 bits per heavy atom. The molecule has 0 aromatic heterocycles. The highest BCUT2D eigenvalue weighted by Gasteiger charge is 2.38. The normalized spacial score (nSPS) is 11.4. The SMILES string of the molecule is O=[N+]([O-])c1ccc(NCCCCCCO)cc1C(F)(F)F. The van der Waals surface area contributed by atoms with Crippen molar-refractivity contribution >= 4 is 11.4 Å². The number of unbranched alkanes of at least 4 members (excludes halogenated alkanes) is 3. The van der Waals surface area contributed by atoms with Crippen molar-refractivity contribution in [2.75, 3.05) is 18.5 Å². The van der Waals surface area contributed by atoms with Crippen molar-refractivity contribution in [3.63, 3.8) is 0 Å². The zero-order valence-corrected chi connectivity index (χ0v) is 11.3. The average molecular weight is 306 g/mol. The van der Waals surface area contributed by atoms with E-state index in [1.54, 1.807) is 0 Å². The van der Waals surface area contributed by atoms with Crippen LogP contribution in [0.2, 0.25) is 0 Å². The zero-order valence-electron chi connectivity index (χ0n) is 11.3. The lowest BCUT2D eigenvalue weighted by molar-refractivity contribution is -0.388. The van der Waals surface area contributed by atoms with Crippen molar-refractivity contribution in [3.8, 4) is 0 Å². The summed E-state index contributed by atoms with van der Waals surface area (Å²) in [5, 5.41) is 22.0. The molecular formula is C13H17F3N2O3. The number of nitro groups is 1. The Kier molecular flexibility index (Phi) is 6.41. The number of hydrogen-bond acceptors (Lipinski definition) is 4. The second kappa shape index (κ2) is 7.82. The van der Waals surface area contributed by atoms with Gasteiger partial charge in [0.1, 0.15) is 5.56 Å². The molecule has 21 heavy (non-hydrogen) atoms. The summed E-state index contributed by atoms with van der Waals surface area (Å²) in [6, 6.07) is 2.88. The third-order valence-corrected chi connectivity index (χ3v) is 2.91. The van der Waals surface area contributed by atoms with Gasteiger partial charge in [-0.15, -0.1) is 0 Å². The first kappa shape index (κ1) is 17.2. The second-order valence-electron chi connectivity index (χ2n) is 4.55. The largest absolute Gasteiger partial charge is 0.423 e. The lowest BCUT2D eigenvalue weighted by Gasteiger charge is -2.11. The standard InChI is InChI=1S/C13H17F3N2O3/c14-13(15,16)11-9-10(5-6-12(11)18(20)21)17-7-3-1-2-4-8-19/h5-6,9,17,19H,1-4,7-8H2. The van der Waals surface area contributed by atoms with Crippen LogP contribution in [0.3, 0.4) is 0 Å². The molecule has 0 amide bonds. The van der Waals surface area contributed by atoms with E-state index < -0.39 is 22.4 Å². The van der Waals surface area contributed by atoms with Crippen LogP contribution in [0.5, 0.6) is 0 Å². The van der Waals surface area contributed by atoms with Gasteiger partial charge in [0, 0.05) is 24.9 Å². The number of aliphatic hydroxyl groups is 1. The first-order valence-electron chi connectivity index (χ1n) is 6.56. The van der Waals surface area contributed by atoms with Crippen LogP contribution in [0.15, 0.2) is 18.2 Å². The number of benzene rings is 1. The van der Waals surface area contributed by atoms with Crippen LogP contribution in [0, 0.1) is 10.1 Å². The van der Waals surface area contributed by atoms with E-state index >= 15 is 0 Å². The quantitative estimate of drug-likeness (QED) is 0.437. The fraction of sp³-hybridized carbons (Fsp3) is 0.538. The van der Waals surface area contributed by atoms with E-state index in [9.17, 15) is 23.3 Å². The maximum Gasteiger partial charge on any atom is 0.423 e. The van der Waals surface area contributed by atoms with Gasteiger partial charge in [0.2, 0.25) is 0 Å². The highest BCUT2D eigenvalue weighted by molar-refractivity contribution is 5.55. The van der Waals surface area contributed by atoms with E-state index in [1.165, 1.54) is 6.07 Å². The van der Waals surface area contributed by atoms with Gasteiger partial charge in [-0.1, -0.05) is 12.8 Å². The number of hydrogen-bond donors (Lipinski definition) is 2. The molecule has 0 spiro atoms. The van der Waals surface area contributed by atoms with Gasteiger partial charge in [-0.25, -0.2) is 0 Å². The van der Waals surface area contributed by atoms with Crippen molar-refractivity contribution < 1.29 is 23.2 Å². The molecule has 0 bridgehead atoms. The molecular weight excluding hydrogens is 289 g/mol. The summed E-state index contributed by atoms with van der Waals surface area (Å²) in [7, 11) is 0. The number of nitrogens with zero attached hydrogens (tertiary/aromatic N) is 1. The molecule has 118 valence electrons. The monoisotopic (exact) mass is 306 g/mol. The molecule has 0 atom stereocenters. The first-order valence-corrected chi connectivity index (χ1v) is 6.56. The maximum atomic E-state index is 12.8. The van der Waals surface area contributed by atoms with Crippen molar-refractivity contribution in [2.45, 2.75) is 31.9 Å². The molecule has 0 aliphatic carbocycles. The molecule has 1 aromatic rings. The third-order valence-electron chi connectivity index (χ3n) is 2.91. The number of rotatable bonds is 8. The topological polar surface area (TPSA) is 75.4 Å². The van der Waals surface area contributed by atoms with Crippen LogP contribution >= 0.6 is 0 Å². The van der Waals surface area contributed by atoms with E-state index in [1.807, 2.05) is 0 Å². The van der Waals surface area contributed by atoms with Crippen molar-refractivity contribution in [1.29, 1.82) is 0 Å². The van der Waals surface area contributed by atoms with Crippen LogP contribution < -0.4 is 5.32 Å². The van der Waals surface area contributed by atoms with E-state index in [4.69, 9.17) is 5.11 Å². The minimum absolute atomic E-state index is 0.130. The van der Waals surface area contributed by atoms with Gasteiger partial charge in [-0.05, 0) is 25.0 Å². The Labute approximate surface area is 119 Å². The van der Waals surface area contributed by atoms with E-state index in [0.717, 1.165) is 31.4 Å². The molecule has 0 unspecified atom stereocenters. The molecule has 0 radical (unpaired) electrons. The second-order valence-corrected chi connectivity index (χ2v) is 4.55. The minimum atomic E-state index is -4.76. The summed E-state index contributed by atoms with van der Waals surface area (Å²) >= 11 is 0. The Morgan fingerprint density at radius 1 is 1.19 bits per heavy atom. The number of anilines is 1. The number of nitro benzene ring substituents is 1. The summed E-state index contributed by atoms with van der Waals surface area (Å²) in [5.74, 6) is 0. The van der Waals surface area contributed by atoms with Crippen molar-refractivity contribution in [2.24, 2.45) is 0 Å². The molecule has 0 aliphatic heterocycles. The third kappa shape index (κ3) is 5.58. The number of halogens is 3. The fourth-order valence-corrected chi connectivity index (χ4v) is 1.86. The van der Waals surface area contributed by atoms with Gasteiger partial charge < -0.3 is 10.4 Å². The molecule has 1 rings (SSSR count). The molecule has 1 aromatic carbocycles. The smallest absolute Gasteiger partial charge is 0.396 e. The van der Waals surface area contributed by atoms with Gasteiger partial charge in [0.15, 0.2) is 0 Å². The molecule has 0 fully saturated rings. The Hall–Kier alpha value is -1.83. The van der Waals surface area contributed by atoms with E-state index in [-0.39, 0.29) is 12.3 Å². The fourth-order valence-electron chi connectivity index (χ4n) is 1.86. The van der Waals surface area contributed by atoms with E-state index in [0.29, 0.717) is 13.0 Å². The predicted octanol–water partition coefficient (Wildman–Crippen LogP) is 3.58. The van der Waals surface area contributed by atoms with Crippen LogP contribution in [0.1, 0.15) is 31.2 Å². The molecule has 5 nitrogen and oxygen atoms in total. The zero-order chi connectivity index (χ0) is 15.9. The Bertz CT molecular complexity index is 478. The van der Waals surface area contributed by atoms with Crippen molar-refractivity contribution in [3.05, 3.63) is 33.9 Å². The van der Waals surface area contributed by atoms with Crippen LogP contribution in [-0.4, -0.2) is 23.2 Å². The molecule has 0 heterocycles. The highest BCUT2D eigenvalue weighted by atomic mass is 19.4. The number of nitrogens with one attached hydrogen (secondary N) is 1. The maximum absolute atomic E-state index is 12.8.